The maximum atomic E-state index is 12.8. The molecule has 0 fully saturated rings. The number of hydrogen-bond donors (Lipinski definition) is 1. The fourth-order valence-electron chi connectivity index (χ4n) is 4.93. The van der Waals surface area contributed by atoms with E-state index in [1.165, 1.54) is 5.56 Å². The van der Waals surface area contributed by atoms with E-state index in [-0.39, 0.29) is 5.91 Å². The Hall–Kier alpha value is -4.09. The Kier molecular flexibility index (Phi) is 8.82. The van der Waals surface area contributed by atoms with Crippen LogP contribution in [0.25, 0.3) is 22.2 Å². The highest BCUT2D eigenvalue weighted by atomic mass is 35.5. The molecule has 5 aromatic rings. The number of nitrogens with zero attached hydrogens (tertiary/aromatic N) is 2. The molecule has 0 atom stereocenters. The van der Waals surface area contributed by atoms with Gasteiger partial charge in [-0.2, -0.15) is 0 Å². The van der Waals surface area contributed by atoms with Crippen LogP contribution in [-0.4, -0.2) is 22.1 Å². The van der Waals surface area contributed by atoms with Gasteiger partial charge in [-0.3, -0.25) is 4.79 Å². The highest BCUT2D eigenvalue weighted by Crippen LogP contribution is 2.26. The number of aromatic nitrogens is 2. The van der Waals surface area contributed by atoms with Crippen molar-refractivity contribution in [2.45, 2.75) is 46.2 Å². The third-order valence-corrected chi connectivity index (χ3v) is 7.65. The van der Waals surface area contributed by atoms with Crippen LogP contribution in [0.1, 0.15) is 35.4 Å². The van der Waals surface area contributed by atoms with Crippen molar-refractivity contribution >= 4 is 28.5 Å². The van der Waals surface area contributed by atoms with Gasteiger partial charge in [0.2, 0.25) is 5.91 Å². The van der Waals surface area contributed by atoms with Crippen molar-refractivity contribution in [1.29, 1.82) is 0 Å². The zero-order chi connectivity index (χ0) is 27.9. The van der Waals surface area contributed by atoms with Crippen molar-refractivity contribution in [2.24, 2.45) is 0 Å². The number of nitrogens with one attached hydrogen (secondary N) is 1. The number of aryl methyl sites for hydroxylation is 3. The van der Waals surface area contributed by atoms with E-state index in [0.717, 1.165) is 69.3 Å². The zero-order valence-corrected chi connectivity index (χ0v) is 23.7. The second-order valence-corrected chi connectivity index (χ2v) is 10.5. The molecule has 0 aliphatic rings. The number of benzene rings is 4. The fraction of sp³-hybridized carbons (Fsp3) is 0.235. The van der Waals surface area contributed by atoms with Gasteiger partial charge in [0.05, 0.1) is 30.6 Å². The SMILES string of the molecule is Cc1cc(OCCCCn2c(CNC(=O)Cc3ccc(-c4ccccc4)cc3)nc3ccccc32)cc(C)c1Cl. The second-order valence-electron chi connectivity index (χ2n) is 10.1. The van der Waals surface area contributed by atoms with E-state index < -0.39 is 0 Å². The molecule has 0 aliphatic heterocycles. The second kappa shape index (κ2) is 12.8. The molecule has 204 valence electrons. The molecule has 0 spiro atoms. The lowest BCUT2D eigenvalue weighted by molar-refractivity contribution is -0.120. The molecule has 6 heteroatoms. The first-order chi connectivity index (χ1) is 19.5. The number of ether oxygens (including phenoxy) is 1. The highest BCUT2D eigenvalue weighted by molar-refractivity contribution is 6.32. The van der Waals surface area contributed by atoms with Gasteiger partial charge in [-0.05, 0) is 78.8 Å². The molecule has 0 radical (unpaired) electrons. The average Bonchev–Trinajstić information content (AvgIpc) is 3.33. The Morgan fingerprint density at radius 3 is 2.30 bits per heavy atom. The van der Waals surface area contributed by atoms with E-state index in [0.29, 0.717) is 19.6 Å². The number of halogens is 1. The van der Waals surface area contributed by atoms with E-state index in [2.05, 4.69) is 40.2 Å². The van der Waals surface area contributed by atoms with E-state index in [1.54, 1.807) is 0 Å². The average molecular weight is 552 g/mol. The molecule has 4 aromatic carbocycles. The molecule has 0 aliphatic carbocycles. The summed E-state index contributed by atoms with van der Waals surface area (Å²) in [6.45, 7) is 5.80. The summed E-state index contributed by atoms with van der Waals surface area (Å²) >= 11 is 6.27. The molecule has 1 heterocycles. The van der Waals surface area contributed by atoms with Crippen LogP contribution < -0.4 is 10.1 Å². The van der Waals surface area contributed by atoms with Gasteiger partial charge in [0.15, 0.2) is 0 Å². The predicted molar refractivity (Wildman–Crippen MR) is 163 cm³/mol. The van der Waals surface area contributed by atoms with Crippen molar-refractivity contribution < 1.29 is 9.53 Å². The first-order valence-corrected chi connectivity index (χ1v) is 14.1. The summed E-state index contributed by atoms with van der Waals surface area (Å²) in [4.78, 5) is 17.6. The summed E-state index contributed by atoms with van der Waals surface area (Å²) in [5.41, 5.74) is 7.35. The van der Waals surface area contributed by atoms with E-state index >= 15 is 0 Å². The molecule has 5 rings (SSSR count). The largest absolute Gasteiger partial charge is 0.494 e. The lowest BCUT2D eigenvalue weighted by atomic mass is 10.0. The molecule has 0 bridgehead atoms. The van der Waals surface area contributed by atoms with Gasteiger partial charge in [0, 0.05) is 11.6 Å². The maximum Gasteiger partial charge on any atom is 0.224 e. The smallest absolute Gasteiger partial charge is 0.224 e. The minimum atomic E-state index is -0.0204. The first kappa shape index (κ1) is 27.5. The van der Waals surface area contributed by atoms with E-state index in [9.17, 15) is 4.79 Å². The van der Waals surface area contributed by atoms with Gasteiger partial charge in [0.25, 0.3) is 0 Å². The van der Waals surface area contributed by atoms with E-state index in [1.807, 2.05) is 74.5 Å². The molecular formula is C34H34ClN3O2. The predicted octanol–water partition coefficient (Wildman–Crippen LogP) is 7.69. The van der Waals surface area contributed by atoms with Crippen molar-refractivity contribution in [3.05, 3.63) is 119 Å². The van der Waals surface area contributed by atoms with Gasteiger partial charge in [-0.25, -0.2) is 4.98 Å². The number of imidazole rings is 1. The van der Waals surface area contributed by atoms with Gasteiger partial charge >= 0.3 is 0 Å². The first-order valence-electron chi connectivity index (χ1n) is 13.7. The Morgan fingerprint density at radius 1 is 0.875 bits per heavy atom. The maximum absolute atomic E-state index is 12.8. The van der Waals surface area contributed by atoms with Crippen LogP contribution in [0.3, 0.4) is 0 Å². The normalized spacial score (nSPS) is 11.1. The number of amides is 1. The molecule has 0 saturated carbocycles. The van der Waals surface area contributed by atoms with Crippen LogP contribution in [0.2, 0.25) is 5.02 Å². The monoisotopic (exact) mass is 551 g/mol. The number of unbranched alkanes of at least 4 members (excludes halogenated alkanes) is 1. The number of carbonyl (C=O) groups is 1. The number of carbonyl (C=O) groups excluding carboxylic acids is 1. The number of hydrogen-bond acceptors (Lipinski definition) is 3. The van der Waals surface area contributed by atoms with E-state index in [4.69, 9.17) is 21.3 Å². The molecule has 0 unspecified atom stereocenters. The van der Waals surface area contributed by atoms with Crippen LogP contribution >= 0.6 is 11.6 Å². The Balaban J connectivity index is 1.16. The van der Waals surface area contributed by atoms with Crippen molar-refractivity contribution in [2.75, 3.05) is 6.61 Å². The molecule has 5 nitrogen and oxygen atoms in total. The lowest BCUT2D eigenvalue weighted by Crippen LogP contribution is -2.26. The van der Waals surface area contributed by atoms with Gasteiger partial charge < -0.3 is 14.6 Å². The summed E-state index contributed by atoms with van der Waals surface area (Å²) < 4.78 is 8.20. The Morgan fingerprint density at radius 2 is 1.55 bits per heavy atom. The summed E-state index contributed by atoms with van der Waals surface area (Å²) in [6.07, 6.45) is 2.16. The lowest BCUT2D eigenvalue weighted by Gasteiger charge is -2.12. The number of para-hydroxylation sites is 2. The van der Waals surface area contributed by atoms with Crippen molar-refractivity contribution in [3.63, 3.8) is 0 Å². The minimum absolute atomic E-state index is 0.0204. The van der Waals surface area contributed by atoms with Crippen molar-refractivity contribution in [3.8, 4) is 16.9 Å². The zero-order valence-electron chi connectivity index (χ0n) is 23.0. The topological polar surface area (TPSA) is 56.1 Å². The molecule has 40 heavy (non-hydrogen) atoms. The van der Waals surface area contributed by atoms with Gasteiger partial charge in [0.1, 0.15) is 11.6 Å². The van der Waals surface area contributed by atoms with Crippen molar-refractivity contribution in [1.82, 2.24) is 14.9 Å². The number of rotatable bonds is 11. The fourth-order valence-corrected chi connectivity index (χ4v) is 5.04. The van der Waals surface area contributed by atoms with Gasteiger partial charge in [-0.1, -0.05) is 78.3 Å². The van der Waals surface area contributed by atoms with Gasteiger partial charge in [-0.15, -0.1) is 0 Å². The third-order valence-electron chi connectivity index (χ3n) is 7.06. The number of fused-ring (bicyclic) bond motifs is 1. The molecule has 1 amide bonds. The van der Waals surface area contributed by atoms with Crippen LogP contribution in [-0.2, 0) is 24.3 Å². The highest BCUT2D eigenvalue weighted by Gasteiger charge is 2.12. The molecule has 1 aromatic heterocycles. The van der Waals surface area contributed by atoms with Crippen LogP contribution in [0.15, 0.2) is 91.0 Å². The quantitative estimate of drug-likeness (QED) is 0.171. The Bertz CT molecular complexity index is 1570. The summed E-state index contributed by atoms with van der Waals surface area (Å²) in [7, 11) is 0. The minimum Gasteiger partial charge on any atom is -0.494 e. The molecule has 0 saturated heterocycles. The summed E-state index contributed by atoms with van der Waals surface area (Å²) in [5.74, 6) is 1.69. The van der Waals surface area contributed by atoms with Crippen LogP contribution in [0.5, 0.6) is 5.75 Å². The standard InChI is InChI=1S/C34H34ClN3O2/c1-24-20-29(21-25(2)34(24)35)40-19-9-8-18-38-31-13-7-6-12-30(31)37-32(38)23-36-33(39)22-26-14-16-28(17-15-26)27-10-4-3-5-11-27/h3-7,10-17,20-21H,8-9,18-19,22-23H2,1-2H3,(H,36,39). The van der Waals surface area contributed by atoms with Crippen LogP contribution in [0, 0.1) is 13.8 Å². The summed E-state index contributed by atoms with van der Waals surface area (Å²) in [6, 6.07) is 30.5. The molecular weight excluding hydrogens is 518 g/mol. The molecule has 1 N–H and O–H groups in total. The van der Waals surface area contributed by atoms with Crippen LogP contribution in [0.4, 0.5) is 0 Å². The summed E-state index contributed by atoms with van der Waals surface area (Å²) in [5, 5.41) is 3.87. The third kappa shape index (κ3) is 6.72. The Labute approximate surface area is 240 Å².